The fraction of sp³-hybridized carbons (Fsp3) is 0.455. The second-order valence-corrected chi connectivity index (χ2v) is 3.46. The molecule has 1 atom stereocenters. The molecular formula is C11H16ClF2NO. The molecule has 2 nitrogen and oxygen atoms in total. The van der Waals surface area contributed by atoms with E-state index in [1.165, 1.54) is 0 Å². The SMILES string of the molecule is COc1ccc([C@H](N)CC(F)F)c(C)c1.Cl. The van der Waals surface area contributed by atoms with Crippen LogP contribution in [0.2, 0.25) is 0 Å². The molecule has 0 aromatic heterocycles. The van der Waals surface area contributed by atoms with Crippen LogP contribution in [0.25, 0.3) is 0 Å². The maximum Gasteiger partial charge on any atom is 0.240 e. The third kappa shape index (κ3) is 3.94. The first-order valence-electron chi connectivity index (χ1n) is 4.73. The van der Waals surface area contributed by atoms with E-state index in [4.69, 9.17) is 10.5 Å². The molecule has 92 valence electrons. The Bertz CT molecular complexity index is 334. The third-order valence-corrected chi connectivity index (χ3v) is 2.31. The molecule has 0 fully saturated rings. The van der Waals surface area contributed by atoms with Gasteiger partial charge >= 0.3 is 0 Å². The average Bonchev–Trinajstić information content (AvgIpc) is 2.16. The van der Waals surface area contributed by atoms with E-state index in [0.717, 1.165) is 11.1 Å². The van der Waals surface area contributed by atoms with Crippen LogP contribution in [-0.2, 0) is 0 Å². The lowest BCUT2D eigenvalue weighted by molar-refractivity contribution is 0.128. The topological polar surface area (TPSA) is 35.2 Å². The first-order valence-corrected chi connectivity index (χ1v) is 4.73. The van der Waals surface area contributed by atoms with Crippen LogP contribution in [-0.4, -0.2) is 13.5 Å². The third-order valence-electron chi connectivity index (χ3n) is 2.31. The first kappa shape index (κ1) is 15.1. The lowest BCUT2D eigenvalue weighted by Crippen LogP contribution is -2.15. The van der Waals surface area contributed by atoms with E-state index >= 15 is 0 Å². The van der Waals surface area contributed by atoms with E-state index in [1.54, 1.807) is 25.3 Å². The molecule has 1 aromatic carbocycles. The van der Waals surface area contributed by atoms with Crippen LogP contribution in [0.3, 0.4) is 0 Å². The molecule has 1 aromatic rings. The Kier molecular flexibility index (Phi) is 6.29. The van der Waals surface area contributed by atoms with E-state index in [-0.39, 0.29) is 18.8 Å². The largest absolute Gasteiger partial charge is 0.497 e. The minimum atomic E-state index is -2.37. The highest BCUT2D eigenvalue weighted by Gasteiger charge is 2.14. The summed E-state index contributed by atoms with van der Waals surface area (Å²) in [6, 6.07) is 4.64. The van der Waals surface area contributed by atoms with Crippen LogP contribution < -0.4 is 10.5 Å². The van der Waals surface area contributed by atoms with Crippen LogP contribution in [0.15, 0.2) is 18.2 Å². The highest BCUT2D eigenvalue weighted by atomic mass is 35.5. The molecular weight excluding hydrogens is 236 g/mol. The van der Waals surface area contributed by atoms with Crippen LogP contribution in [0.4, 0.5) is 8.78 Å². The lowest BCUT2D eigenvalue weighted by atomic mass is 9.99. The van der Waals surface area contributed by atoms with E-state index < -0.39 is 12.5 Å². The van der Waals surface area contributed by atoms with Crippen LogP contribution in [0.5, 0.6) is 5.75 Å². The van der Waals surface area contributed by atoms with Crippen LogP contribution >= 0.6 is 12.4 Å². The molecule has 0 radical (unpaired) electrons. The molecule has 0 unspecified atom stereocenters. The summed E-state index contributed by atoms with van der Waals surface area (Å²) in [6.07, 6.45) is -2.69. The number of ether oxygens (including phenoxy) is 1. The molecule has 5 heteroatoms. The molecule has 0 aliphatic rings. The molecule has 0 aliphatic carbocycles. The Balaban J connectivity index is 0.00000225. The van der Waals surface area contributed by atoms with Gasteiger partial charge in [0, 0.05) is 12.5 Å². The zero-order valence-electron chi connectivity index (χ0n) is 9.24. The zero-order valence-corrected chi connectivity index (χ0v) is 10.1. The number of methoxy groups -OCH3 is 1. The number of hydrogen-bond donors (Lipinski definition) is 1. The summed E-state index contributed by atoms with van der Waals surface area (Å²) in [5.41, 5.74) is 7.29. The van der Waals surface area contributed by atoms with E-state index in [0.29, 0.717) is 5.75 Å². The Hall–Kier alpha value is -0.870. The predicted molar refractivity (Wildman–Crippen MR) is 62.5 cm³/mol. The second-order valence-electron chi connectivity index (χ2n) is 3.46. The van der Waals surface area contributed by atoms with Gasteiger partial charge in [-0.15, -0.1) is 12.4 Å². The summed E-state index contributed by atoms with van der Waals surface area (Å²) >= 11 is 0. The maximum absolute atomic E-state index is 12.1. The quantitative estimate of drug-likeness (QED) is 0.893. The van der Waals surface area contributed by atoms with Gasteiger partial charge in [-0.1, -0.05) is 6.07 Å². The van der Waals surface area contributed by atoms with Gasteiger partial charge in [-0.05, 0) is 30.2 Å². The summed E-state index contributed by atoms with van der Waals surface area (Å²) in [7, 11) is 1.56. The number of benzene rings is 1. The Labute approximate surface area is 100 Å². The Morgan fingerprint density at radius 2 is 2.00 bits per heavy atom. The normalized spacial score (nSPS) is 12.1. The van der Waals surface area contributed by atoms with Gasteiger partial charge in [0.1, 0.15) is 5.75 Å². The maximum atomic E-state index is 12.1. The van der Waals surface area contributed by atoms with Gasteiger partial charge in [0.15, 0.2) is 0 Å². The van der Waals surface area contributed by atoms with Crippen molar-refractivity contribution < 1.29 is 13.5 Å². The minimum absolute atomic E-state index is 0. The van der Waals surface area contributed by atoms with Crippen molar-refractivity contribution in [1.29, 1.82) is 0 Å². The van der Waals surface area contributed by atoms with Crippen molar-refractivity contribution in [2.45, 2.75) is 25.8 Å². The fourth-order valence-corrected chi connectivity index (χ4v) is 1.51. The van der Waals surface area contributed by atoms with Gasteiger partial charge in [-0.2, -0.15) is 0 Å². The van der Waals surface area contributed by atoms with E-state index in [2.05, 4.69) is 0 Å². The van der Waals surface area contributed by atoms with Gasteiger partial charge in [0.05, 0.1) is 7.11 Å². The number of rotatable bonds is 4. The zero-order chi connectivity index (χ0) is 11.4. The van der Waals surface area contributed by atoms with Crippen molar-refractivity contribution in [3.8, 4) is 5.75 Å². The summed E-state index contributed by atoms with van der Waals surface area (Å²) in [5.74, 6) is 0.709. The molecule has 0 aliphatic heterocycles. The second kappa shape index (κ2) is 6.66. The first-order chi connectivity index (χ1) is 7.04. The molecule has 1 rings (SSSR count). The number of nitrogens with two attached hydrogens (primary N) is 1. The van der Waals surface area contributed by atoms with Crippen molar-refractivity contribution in [1.82, 2.24) is 0 Å². The van der Waals surface area contributed by atoms with Gasteiger partial charge in [0.25, 0.3) is 0 Å². The fourth-order valence-electron chi connectivity index (χ4n) is 1.51. The van der Waals surface area contributed by atoms with Crippen molar-refractivity contribution in [2.75, 3.05) is 7.11 Å². The van der Waals surface area contributed by atoms with E-state index in [1.807, 2.05) is 6.92 Å². The van der Waals surface area contributed by atoms with Gasteiger partial charge in [-0.3, -0.25) is 0 Å². The molecule has 0 bridgehead atoms. The molecule has 0 saturated heterocycles. The smallest absolute Gasteiger partial charge is 0.240 e. The lowest BCUT2D eigenvalue weighted by Gasteiger charge is -2.14. The number of alkyl halides is 2. The van der Waals surface area contributed by atoms with E-state index in [9.17, 15) is 8.78 Å². The number of hydrogen-bond acceptors (Lipinski definition) is 2. The highest BCUT2D eigenvalue weighted by molar-refractivity contribution is 5.85. The summed E-state index contributed by atoms with van der Waals surface area (Å²) < 4.78 is 29.3. The number of aryl methyl sites for hydroxylation is 1. The van der Waals surface area contributed by atoms with Crippen molar-refractivity contribution >= 4 is 12.4 Å². The Morgan fingerprint density at radius 3 is 2.44 bits per heavy atom. The predicted octanol–water partition coefficient (Wildman–Crippen LogP) is 3.08. The molecule has 0 amide bonds. The molecule has 0 heterocycles. The van der Waals surface area contributed by atoms with Crippen LogP contribution in [0, 0.1) is 6.92 Å². The Morgan fingerprint density at radius 1 is 1.38 bits per heavy atom. The van der Waals surface area contributed by atoms with Gasteiger partial charge < -0.3 is 10.5 Å². The van der Waals surface area contributed by atoms with Crippen molar-refractivity contribution in [3.05, 3.63) is 29.3 Å². The number of halogens is 3. The molecule has 16 heavy (non-hydrogen) atoms. The average molecular weight is 252 g/mol. The molecule has 2 N–H and O–H groups in total. The minimum Gasteiger partial charge on any atom is -0.497 e. The molecule has 0 saturated carbocycles. The summed E-state index contributed by atoms with van der Waals surface area (Å²) in [6.45, 7) is 1.84. The monoisotopic (exact) mass is 251 g/mol. The van der Waals surface area contributed by atoms with Crippen molar-refractivity contribution in [3.63, 3.8) is 0 Å². The summed E-state index contributed by atoms with van der Waals surface area (Å²) in [4.78, 5) is 0. The standard InChI is InChI=1S/C11H15F2NO.ClH/c1-7-5-8(15-2)3-4-9(7)10(14)6-11(12)13;/h3-5,10-11H,6,14H2,1-2H3;1H/t10-;/m1./s1. The van der Waals surface area contributed by atoms with Crippen LogP contribution in [0.1, 0.15) is 23.6 Å². The van der Waals surface area contributed by atoms with Gasteiger partial charge in [-0.25, -0.2) is 8.78 Å². The van der Waals surface area contributed by atoms with Gasteiger partial charge in [0.2, 0.25) is 6.43 Å². The highest BCUT2D eigenvalue weighted by Crippen LogP contribution is 2.24. The summed E-state index contributed by atoms with van der Waals surface area (Å²) in [5, 5.41) is 0. The molecule has 0 spiro atoms. The van der Waals surface area contributed by atoms with Crippen molar-refractivity contribution in [2.24, 2.45) is 5.73 Å².